The largest absolute Gasteiger partial charge is 0.398 e. The van der Waals surface area contributed by atoms with Crippen LogP contribution in [0.15, 0.2) is 66.7 Å². The molecule has 6 rings (SSSR count). The normalized spacial score (nSPS) is 16.0. The molecule has 1 heterocycles. The maximum atomic E-state index is 6.09. The van der Waals surface area contributed by atoms with Crippen LogP contribution in [0.2, 0.25) is 0 Å². The molecule has 0 unspecified atom stereocenters. The van der Waals surface area contributed by atoms with Crippen LogP contribution in [0.4, 0.5) is 11.4 Å². The van der Waals surface area contributed by atoms with Crippen LogP contribution in [0.3, 0.4) is 0 Å². The highest BCUT2D eigenvalue weighted by Gasteiger charge is 2.19. The molecule has 0 fully saturated rings. The van der Waals surface area contributed by atoms with Crippen molar-refractivity contribution in [1.82, 2.24) is 0 Å². The van der Waals surface area contributed by atoms with E-state index in [0.29, 0.717) is 0 Å². The van der Waals surface area contributed by atoms with E-state index in [-0.39, 0.29) is 5.54 Å². The van der Waals surface area contributed by atoms with Gasteiger partial charge in [0.25, 0.3) is 0 Å². The van der Waals surface area contributed by atoms with Gasteiger partial charge < -0.3 is 11.1 Å². The zero-order valence-electron chi connectivity index (χ0n) is 19.3. The van der Waals surface area contributed by atoms with Crippen LogP contribution in [0.25, 0.3) is 27.6 Å². The van der Waals surface area contributed by atoms with E-state index in [4.69, 9.17) is 5.73 Å². The van der Waals surface area contributed by atoms with Gasteiger partial charge in [-0.05, 0) is 90.9 Å². The number of nitrogens with two attached hydrogens (primary N) is 1. The number of hydrogen-bond acceptors (Lipinski definition) is 2. The van der Waals surface area contributed by atoms with E-state index in [1.807, 2.05) is 6.07 Å². The molecule has 0 spiro atoms. The van der Waals surface area contributed by atoms with Gasteiger partial charge in [-0.3, -0.25) is 0 Å². The first-order valence-corrected chi connectivity index (χ1v) is 11.7. The van der Waals surface area contributed by atoms with Gasteiger partial charge in [0.15, 0.2) is 0 Å². The maximum absolute atomic E-state index is 6.09. The number of nitrogen functional groups attached to an aromatic ring is 1. The third kappa shape index (κ3) is 3.75. The molecule has 0 saturated carbocycles. The van der Waals surface area contributed by atoms with Crippen LogP contribution in [0.5, 0.6) is 0 Å². The second-order valence-corrected chi connectivity index (χ2v) is 9.73. The van der Waals surface area contributed by atoms with Crippen LogP contribution in [-0.2, 0) is 12.8 Å². The number of rotatable bonds is 0. The summed E-state index contributed by atoms with van der Waals surface area (Å²) in [5, 5.41) is 8.75. The highest BCUT2D eigenvalue weighted by molar-refractivity contribution is 6.12. The standard InChI is InChI=1S/C18H17N.C12H15N/c19-18-7-3-6-14-16-9-8-12-4-1-2-5-13(12)15(16)10-11-17(14)18;1-9-5-4-6-10-7-8-12(2,3)13-11(9)10/h3,6-11H,1-2,4-5,19H2;4-8,13H,1-3H3. The molecule has 2 heteroatoms. The van der Waals surface area contributed by atoms with Crippen molar-refractivity contribution in [2.75, 3.05) is 11.1 Å². The average Bonchev–Trinajstić information content (AvgIpc) is 2.80. The molecule has 0 bridgehead atoms. The van der Waals surface area contributed by atoms with Crippen molar-refractivity contribution < 1.29 is 0 Å². The zero-order chi connectivity index (χ0) is 22.3. The maximum Gasteiger partial charge on any atom is 0.0503 e. The van der Waals surface area contributed by atoms with Gasteiger partial charge in [0, 0.05) is 16.8 Å². The number of anilines is 2. The number of aryl methyl sites for hydroxylation is 3. The molecule has 162 valence electrons. The fourth-order valence-electron chi connectivity index (χ4n) is 5.11. The fourth-order valence-corrected chi connectivity index (χ4v) is 5.11. The summed E-state index contributed by atoms with van der Waals surface area (Å²) in [6, 6.07) is 21.6. The van der Waals surface area contributed by atoms with Gasteiger partial charge in [-0.15, -0.1) is 0 Å². The quantitative estimate of drug-likeness (QED) is 0.226. The average molecular weight is 421 g/mol. The molecule has 4 aromatic carbocycles. The highest BCUT2D eigenvalue weighted by atomic mass is 15.0. The third-order valence-electron chi connectivity index (χ3n) is 6.86. The second kappa shape index (κ2) is 8.02. The smallest absolute Gasteiger partial charge is 0.0503 e. The van der Waals surface area contributed by atoms with Crippen molar-refractivity contribution in [2.24, 2.45) is 0 Å². The minimum atomic E-state index is 0.0825. The van der Waals surface area contributed by atoms with Crippen LogP contribution in [0.1, 0.15) is 48.9 Å². The van der Waals surface area contributed by atoms with Crippen molar-refractivity contribution in [1.29, 1.82) is 0 Å². The van der Waals surface area contributed by atoms with Gasteiger partial charge in [0.05, 0.1) is 5.54 Å². The Morgan fingerprint density at radius 3 is 2.38 bits per heavy atom. The number of nitrogens with one attached hydrogen (secondary N) is 1. The van der Waals surface area contributed by atoms with E-state index < -0.39 is 0 Å². The Morgan fingerprint density at radius 1 is 0.781 bits per heavy atom. The number of para-hydroxylation sites is 1. The summed E-state index contributed by atoms with van der Waals surface area (Å²) in [6.07, 6.45) is 9.51. The molecule has 1 aliphatic heterocycles. The second-order valence-electron chi connectivity index (χ2n) is 9.73. The summed E-state index contributed by atoms with van der Waals surface area (Å²) in [4.78, 5) is 0. The van der Waals surface area contributed by atoms with Gasteiger partial charge in [-0.1, -0.05) is 66.7 Å². The Bertz CT molecular complexity index is 1340. The Balaban J connectivity index is 0.000000146. The first-order valence-electron chi connectivity index (χ1n) is 11.7. The summed E-state index contributed by atoms with van der Waals surface area (Å²) < 4.78 is 0. The predicted molar refractivity (Wildman–Crippen MR) is 140 cm³/mol. The van der Waals surface area contributed by atoms with Crippen molar-refractivity contribution in [3.05, 3.63) is 89.0 Å². The third-order valence-corrected chi connectivity index (χ3v) is 6.86. The molecule has 0 radical (unpaired) electrons. The monoisotopic (exact) mass is 420 g/mol. The molecule has 0 amide bonds. The first-order chi connectivity index (χ1) is 15.4. The molecular weight excluding hydrogens is 388 g/mol. The van der Waals surface area contributed by atoms with Crippen LogP contribution >= 0.6 is 0 Å². The topological polar surface area (TPSA) is 38.0 Å². The number of benzene rings is 4. The van der Waals surface area contributed by atoms with Gasteiger partial charge in [-0.25, -0.2) is 0 Å². The molecular formula is C30H32N2. The lowest BCUT2D eigenvalue weighted by Crippen LogP contribution is -2.30. The van der Waals surface area contributed by atoms with E-state index in [1.54, 1.807) is 11.1 Å². The Hall–Kier alpha value is -3.26. The summed E-state index contributed by atoms with van der Waals surface area (Å²) in [5.41, 5.74) is 14.0. The minimum absolute atomic E-state index is 0.0825. The molecule has 0 atom stereocenters. The van der Waals surface area contributed by atoms with E-state index in [0.717, 1.165) is 5.69 Å². The van der Waals surface area contributed by atoms with Gasteiger partial charge in [0.1, 0.15) is 0 Å². The summed E-state index contributed by atoms with van der Waals surface area (Å²) in [6.45, 7) is 6.50. The van der Waals surface area contributed by atoms with Crippen molar-refractivity contribution in [3.63, 3.8) is 0 Å². The molecule has 2 nitrogen and oxygen atoms in total. The molecule has 2 aliphatic rings. The Morgan fingerprint density at radius 2 is 1.50 bits per heavy atom. The SMILES string of the molecule is Cc1cccc2c1NC(C)(C)C=C2.Nc1cccc2c1ccc1c3c(ccc12)CCCC3. The van der Waals surface area contributed by atoms with E-state index in [9.17, 15) is 0 Å². The number of hydrogen-bond donors (Lipinski definition) is 2. The van der Waals surface area contributed by atoms with Crippen molar-refractivity contribution in [3.8, 4) is 0 Å². The van der Waals surface area contributed by atoms with E-state index >= 15 is 0 Å². The van der Waals surface area contributed by atoms with E-state index in [2.05, 4.69) is 92.8 Å². The number of fused-ring (bicyclic) bond motifs is 6. The molecule has 1 aliphatic carbocycles. The van der Waals surface area contributed by atoms with Gasteiger partial charge in [-0.2, -0.15) is 0 Å². The Labute approximate surface area is 191 Å². The highest BCUT2D eigenvalue weighted by Crippen LogP contribution is 2.35. The summed E-state index contributed by atoms with van der Waals surface area (Å²) in [5.74, 6) is 0. The molecule has 0 aromatic heterocycles. The zero-order valence-corrected chi connectivity index (χ0v) is 19.3. The van der Waals surface area contributed by atoms with Gasteiger partial charge >= 0.3 is 0 Å². The lowest BCUT2D eigenvalue weighted by molar-refractivity contribution is 0.690. The fraction of sp³-hybridized carbons (Fsp3) is 0.267. The predicted octanol–water partition coefficient (Wildman–Crippen LogP) is 7.67. The van der Waals surface area contributed by atoms with Crippen LogP contribution in [0, 0.1) is 6.92 Å². The Kier molecular flexibility index (Phi) is 5.17. The van der Waals surface area contributed by atoms with E-state index in [1.165, 1.54) is 64.0 Å². The van der Waals surface area contributed by atoms with Crippen molar-refractivity contribution >= 4 is 39.0 Å². The molecule has 4 aromatic rings. The molecule has 3 N–H and O–H groups in total. The lowest BCUT2D eigenvalue weighted by atomic mass is 9.86. The summed E-state index contributed by atoms with van der Waals surface area (Å²) >= 11 is 0. The lowest BCUT2D eigenvalue weighted by Gasteiger charge is -2.30. The van der Waals surface area contributed by atoms with Crippen LogP contribution in [-0.4, -0.2) is 5.54 Å². The minimum Gasteiger partial charge on any atom is -0.398 e. The van der Waals surface area contributed by atoms with Crippen LogP contribution < -0.4 is 11.1 Å². The summed E-state index contributed by atoms with van der Waals surface area (Å²) in [7, 11) is 0. The van der Waals surface area contributed by atoms with Gasteiger partial charge in [0.2, 0.25) is 0 Å². The molecule has 32 heavy (non-hydrogen) atoms. The van der Waals surface area contributed by atoms with Crippen molar-refractivity contribution in [2.45, 2.75) is 52.0 Å². The molecule has 0 saturated heterocycles. The first kappa shape index (κ1) is 20.6.